The highest BCUT2D eigenvalue weighted by atomic mass is 79.9. The first-order valence-electron chi connectivity index (χ1n) is 5.19. The van der Waals surface area contributed by atoms with Gasteiger partial charge in [0.1, 0.15) is 0 Å². The first kappa shape index (κ1) is 12.1. The molecule has 1 aromatic carbocycles. The first-order chi connectivity index (χ1) is 8.08. The maximum absolute atomic E-state index is 5.64. The van der Waals surface area contributed by atoms with E-state index in [-0.39, 0.29) is 6.04 Å². The molecule has 0 amide bonds. The van der Waals surface area contributed by atoms with Gasteiger partial charge in [-0.3, -0.25) is 0 Å². The van der Waals surface area contributed by atoms with Crippen LogP contribution in [-0.4, -0.2) is 10.2 Å². The lowest BCUT2D eigenvalue weighted by atomic mass is 10.2. The van der Waals surface area contributed by atoms with Crippen molar-refractivity contribution in [2.75, 3.05) is 5.32 Å². The van der Waals surface area contributed by atoms with E-state index in [0.29, 0.717) is 11.9 Å². The lowest BCUT2D eigenvalue weighted by molar-refractivity contribution is 0.475. The second kappa shape index (κ2) is 4.85. The van der Waals surface area contributed by atoms with Crippen molar-refractivity contribution >= 4 is 27.6 Å². The normalized spacial score (nSPS) is 12.5. The summed E-state index contributed by atoms with van der Waals surface area (Å²) in [6.45, 7) is 3.80. The van der Waals surface area contributed by atoms with Crippen molar-refractivity contribution in [2.24, 2.45) is 5.73 Å². The zero-order valence-corrected chi connectivity index (χ0v) is 11.2. The summed E-state index contributed by atoms with van der Waals surface area (Å²) in [6.07, 6.45) is 0. The van der Waals surface area contributed by atoms with Gasteiger partial charge in [-0.15, -0.1) is 5.10 Å². The summed E-state index contributed by atoms with van der Waals surface area (Å²) in [4.78, 5) is 0. The Kier molecular flexibility index (Phi) is 3.44. The van der Waals surface area contributed by atoms with Crippen LogP contribution in [0.1, 0.15) is 24.4 Å². The van der Waals surface area contributed by atoms with Crippen LogP contribution in [-0.2, 0) is 0 Å². The Hall–Kier alpha value is -1.40. The molecule has 3 N–H and O–H groups in total. The van der Waals surface area contributed by atoms with Crippen LogP contribution in [0.3, 0.4) is 0 Å². The predicted octanol–water partition coefficient (Wildman–Crippen LogP) is 2.90. The van der Waals surface area contributed by atoms with Gasteiger partial charge in [-0.2, -0.15) is 0 Å². The van der Waals surface area contributed by atoms with Crippen LogP contribution < -0.4 is 11.1 Å². The molecule has 1 atom stereocenters. The molecule has 0 spiro atoms. The predicted molar refractivity (Wildman–Crippen MR) is 69.1 cm³/mol. The Balaban J connectivity index is 2.22. The number of aryl methyl sites for hydroxylation is 1. The maximum atomic E-state index is 5.64. The fraction of sp³-hybridized carbons (Fsp3) is 0.273. The van der Waals surface area contributed by atoms with Crippen LogP contribution in [0.25, 0.3) is 0 Å². The molecule has 0 fully saturated rings. The van der Waals surface area contributed by atoms with Gasteiger partial charge >= 0.3 is 6.01 Å². The number of nitrogens with two attached hydrogens (primary N) is 1. The highest BCUT2D eigenvalue weighted by Crippen LogP contribution is 2.28. The van der Waals surface area contributed by atoms with E-state index in [2.05, 4.69) is 31.4 Å². The zero-order chi connectivity index (χ0) is 12.4. The van der Waals surface area contributed by atoms with Crippen molar-refractivity contribution in [1.82, 2.24) is 10.2 Å². The van der Waals surface area contributed by atoms with Gasteiger partial charge in [0, 0.05) is 4.47 Å². The molecule has 0 aliphatic rings. The second-order valence-electron chi connectivity index (χ2n) is 3.80. The Morgan fingerprint density at radius 2 is 2.18 bits per heavy atom. The van der Waals surface area contributed by atoms with E-state index >= 15 is 0 Å². The van der Waals surface area contributed by atoms with Crippen LogP contribution in [0.2, 0.25) is 0 Å². The lowest BCUT2D eigenvalue weighted by Crippen LogP contribution is -2.04. The number of benzene rings is 1. The second-order valence-corrected chi connectivity index (χ2v) is 4.59. The number of hydrogen-bond donors (Lipinski definition) is 2. The number of nitrogens with one attached hydrogen (secondary N) is 1. The standard InChI is InChI=1S/C11H13BrN4O/c1-6-4-3-5-8(9(6)12)14-11-16-15-10(17-11)7(2)13/h3-5,7H,13H2,1-2H3,(H,14,16). The average molecular weight is 297 g/mol. The van der Waals surface area contributed by atoms with Crippen LogP contribution in [0, 0.1) is 6.92 Å². The summed E-state index contributed by atoms with van der Waals surface area (Å²) in [5.41, 5.74) is 7.65. The number of nitrogens with zero attached hydrogens (tertiary/aromatic N) is 2. The van der Waals surface area contributed by atoms with E-state index < -0.39 is 0 Å². The van der Waals surface area contributed by atoms with Crippen LogP contribution in [0.4, 0.5) is 11.7 Å². The number of anilines is 2. The van der Waals surface area contributed by atoms with E-state index in [1.165, 1.54) is 0 Å². The maximum Gasteiger partial charge on any atom is 0.320 e. The molecule has 0 saturated heterocycles. The van der Waals surface area contributed by atoms with E-state index in [1.54, 1.807) is 6.92 Å². The van der Waals surface area contributed by atoms with Gasteiger partial charge in [-0.1, -0.05) is 17.2 Å². The molecule has 5 nitrogen and oxygen atoms in total. The third kappa shape index (κ3) is 2.65. The smallest absolute Gasteiger partial charge is 0.320 e. The van der Waals surface area contributed by atoms with Crippen molar-refractivity contribution in [1.29, 1.82) is 0 Å². The largest absolute Gasteiger partial charge is 0.406 e. The average Bonchev–Trinajstić information content (AvgIpc) is 2.73. The molecule has 2 rings (SSSR count). The van der Waals surface area contributed by atoms with Gasteiger partial charge in [0.05, 0.1) is 11.7 Å². The van der Waals surface area contributed by atoms with Crippen molar-refractivity contribution in [2.45, 2.75) is 19.9 Å². The summed E-state index contributed by atoms with van der Waals surface area (Å²) in [5, 5.41) is 10.8. The highest BCUT2D eigenvalue weighted by molar-refractivity contribution is 9.10. The zero-order valence-electron chi connectivity index (χ0n) is 9.57. The summed E-state index contributed by atoms with van der Waals surface area (Å²) in [7, 11) is 0. The topological polar surface area (TPSA) is 77.0 Å². The SMILES string of the molecule is Cc1cccc(Nc2nnc(C(C)N)o2)c1Br. The molecule has 0 saturated carbocycles. The van der Waals surface area contributed by atoms with Crippen LogP contribution in [0.5, 0.6) is 0 Å². The Morgan fingerprint density at radius 1 is 1.41 bits per heavy atom. The van der Waals surface area contributed by atoms with Gasteiger partial charge in [0.2, 0.25) is 5.89 Å². The highest BCUT2D eigenvalue weighted by Gasteiger charge is 2.11. The van der Waals surface area contributed by atoms with E-state index in [9.17, 15) is 0 Å². The van der Waals surface area contributed by atoms with Crippen LogP contribution in [0.15, 0.2) is 27.1 Å². The minimum Gasteiger partial charge on any atom is -0.406 e. The van der Waals surface area contributed by atoms with E-state index in [4.69, 9.17) is 10.2 Å². The van der Waals surface area contributed by atoms with E-state index in [0.717, 1.165) is 15.7 Å². The summed E-state index contributed by atoms with van der Waals surface area (Å²) < 4.78 is 6.34. The first-order valence-corrected chi connectivity index (χ1v) is 5.98. The van der Waals surface area contributed by atoms with Gasteiger partial charge in [-0.25, -0.2) is 0 Å². The summed E-state index contributed by atoms with van der Waals surface area (Å²) >= 11 is 3.50. The monoisotopic (exact) mass is 296 g/mol. The van der Waals surface area contributed by atoms with Crippen molar-refractivity contribution < 1.29 is 4.42 Å². The molecule has 17 heavy (non-hydrogen) atoms. The molecular formula is C11H13BrN4O. The van der Waals surface area contributed by atoms with Crippen molar-refractivity contribution in [3.05, 3.63) is 34.1 Å². The number of hydrogen-bond acceptors (Lipinski definition) is 5. The van der Waals surface area contributed by atoms with Crippen molar-refractivity contribution in [3.63, 3.8) is 0 Å². The Morgan fingerprint density at radius 3 is 2.82 bits per heavy atom. The molecule has 90 valence electrons. The Bertz CT molecular complexity index is 524. The number of halogens is 1. The summed E-state index contributed by atoms with van der Waals surface area (Å²) in [5.74, 6) is 0.413. The molecule has 0 radical (unpaired) electrons. The van der Waals surface area contributed by atoms with Crippen molar-refractivity contribution in [3.8, 4) is 0 Å². The van der Waals surface area contributed by atoms with Gasteiger partial charge < -0.3 is 15.5 Å². The third-order valence-electron chi connectivity index (χ3n) is 2.26. The number of aromatic nitrogens is 2. The fourth-order valence-electron chi connectivity index (χ4n) is 1.33. The molecule has 2 aromatic rings. The molecule has 1 heterocycles. The molecule has 1 aromatic heterocycles. The summed E-state index contributed by atoms with van der Waals surface area (Å²) in [6, 6.07) is 5.96. The van der Waals surface area contributed by atoms with Crippen LogP contribution >= 0.6 is 15.9 Å². The molecular weight excluding hydrogens is 284 g/mol. The minimum absolute atomic E-state index is 0.265. The third-order valence-corrected chi connectivity index (χ3v) is 3.32. The minimum atomic E-state index is -0.265. The van der Waals surface area contributed by atoms with Gasteiger partial charge in [0.25, 0.3) is 0 Å². The lowest BCUT2D eigenvalue weighted by Gasteiger charge is -2.06. The molecule has 0 aliphatic carbocycles. The number of rotatable bonds is 3. The van der Waals surface area contributed by atoms with Gasteiger partial charge in [-0.05, 0) is 41.4 Å². The molecule has 0 aliphatic heterocycles. The van der Waals surface area contributed by atoms with E-state index in [1.807, 2.05) is 25.1 Å². The van der Waals surface area contributed by atoms with Gasteiger partial charge in [0.15, 0.2) is 0 Å². The Labute approximate surface area is 108 Å². The molecule has 6 heteroatoms. The quantitative estimate of drug-likeness (QED) is 0.911. The molecule has 0 bridgehead atoms. The fourth-order valence-corrected chi connectivity index (χ4v) is 1.69. The molecule has 1 unspecified atom stereocenters.